The third kappa shape index (κ3) is 1.48. The zero-order valence-electron chi connectivity index (χ0n) is 8.51. The lowest BCUT2D eigenvalue weighted by molar-refractivity contribution is 0.400. The van der Waals surface area contributed by atoms with Gasteiger partial charge in [0.25, 0.3) is 0 Å². The molecule has 0 amide bonds. The lowest BCUT2D eigenvalue weighted by Gasteiger charge is -2.04. The van der Waals surface area contributed by atoms with Crippen molar-refractivity contribution in [3.8, 4) is 16.5 Å². The molecule has 0 bridgehead atoms. The van der Waals surface area contributed by atoms with Crippen LogP contribution in [0.2, 0.25) is 0 Å². The van der Waals surface area contributed by atoms with E-state index in [0.29, 0.717) is 5.88 Å². The highest BCUT2D eigenvalue weighted by atomic mass is 32.1. The average molecular weight is 248 g/mol. The summed E-state index contributed by atoms with van der Waals surface area (Å²) in [4.78, 5) is 10.1. The van der Waals surface area contributed by atoms with E-state index in [9.17, 15) is 0 Å². The van der Waals surface area contributed by atoms with Crippen LogP contribution in [0, 0.1) is 0 Å². The minimum absolute atomic E-state index is 0.591. The fraction of sp³-hybridized carbons (Fsp3) is 0.0909. The smallest absolute Gasteiger partial charge is 0.241 e. The summed E-state index contributed by atoms with van der Waals surface area (Å²) in [6.07, 6.45) is 0. The maximum Gasteiger partial charge on any atom is 0.241 e. The zero-order valence-corrected chi connectivity index (χ0v) is 10.1. The number of methoxy groups -OCH3 is 1. The fourth-order valence-corrected chi connectivity index (χ4v) is 2.88. The SMILES string of the molecule is COc1nc2cscc2nc1-c1cccs1. The summed E-state index contributed by atoms with van der Waals surface area (Å²) in [7, 11) is 1.62. The standard InChI is InChI=1S/C11H8N2OS2/c1-14-11-10(9-3-2-4-16-9)12-7-5-15-6-8(7)13-11/h2-6H,1H3. The van der Waals surface area contributed by atoms with Crippen molar-refractivity contribution in [1.82, 2.24) is 9.97 Å². The molecular weight excluding hydrogens is 240 g/mol. The fourth-order valence-electron chi connectivity index (χ4n) is 1.50. The Morgan fingerprint density at radius 2 is 2.00 bits per heavy atom. The third-order valence-electron chi connectivity index (χ3n) is 2.23. The van der Waals surface area contributed by atoms with Gasteiger partial charge >= 0.3 is 0 Å². The first-order chi connectivity index (χ1) is 7.88. The average Bonchev–Trinajstić information content (AvgIpc) is 2.97. The number of nitrogens with zero attached hydrogens (tertiary/aromatic N) is 2. The minimum atomic E-state index is 0.591. The van der Waals surface area contributed by atoms with Crippen molar-refractivity contribution >= 4 is 33.7 Å². The highest BCUT2D eigenvalue weighted by molar-refractivity contribution is 7.13. The largest absolute Gasteiger partial charge is 0.479 e. The van der Waals surface area contributed by atoms with Gasteiger partial charge in [-0.15, -0.1) is 22.7 Å². The molecule has 0 fully saturated rings. The summed E-state index contributed by atoms with van der Waals surface area (Å²) in [6, 6.07) is 4.02. The molecule has 0 spiro atoms. The van der Waals surface area contributed by atoms with Crippen LogP contribution in [-0.4, -0.2) is 17.1 Å². The molecule has 80 valence electrons. The Kier molecular flexibility index (Phi) is 2.34. The maximum absolute atomic E-state index is 5.28. The van der Waals surface area contributed by atoms with Crippen molar-refractivity contribution < 1.29 is 4.74 Å². The van der Waals surface area contributed by atoms with E-state index in [1.807, 2.05) is 28.3 Å². The van der Waals surface area contributed by atoms with Gasteiger partial charge in [-0.05, 0) is 11.4 Å². The predicted octanol–water partition coefficient (Wildman–Crippen LogP) is 3.43. The first-order valence-electron chi connectivity index (χ1n) is 4.70. The summed E-state index contributed by atoms with van der Waals surface area (Å²) >= 11 is 3.24. The van der Waals surface area contributed by atoms with E-state index in [0.717, 1.165) is 21.6 Å². The molecule has 0 aliphatic rings. The predicted molar refractivity (Wildman–Crippen MR) is 67.3 cm³/mol. The van der Waals surface area contributed by atoms with E-state index in [-0.39, 0.29) is 0 Å². The van der Waals surface area contributed by atoms with Crippen LogP contribution in [0.5, 0.6) is 5.88 Å². The van der Waals surface area contributed by atoms with E-state index in [4.69, 9.17) is 4.74 Å². The number of hydrogen-bond donors (Lipinski definition) is 0. The molecule has 3 nitrogen and oxygen atoms in total. The molecule has 5 heteroatoms. The number of rotatable bonds is 2. The van der Waals surface area contributed by atoms with Gasteiger partial charge in [0.05, 0.1) is 12.0 Å². The van der Waals surface area contributed by atoms with Crippen LogP contribution in [0.4, 0.5) is 0 Å². The Hall–Kier alpha value is -1.46. The normalized spacial score (nSPS) is 10.8. The molecule has 0 aliphatic heterocycles. The van der Waals surface area contributed by atoms with Crippen molar-refractivity contribution in [3.63, 3.8) is 0 Å². The van der Waals surface area contributed by atoms with Crippen LogP contribution in [0.15, 0.2) is 28.3 Å². The molecular formula is C11H8N2OS2. The second-order valence-electron chi connectivity index (χ2n) is 3.20. The van der Waals surface area contributed by atoms with Crippen LogP contribution < -0.4 is 4.74 Å². The van der Waals surface area contributed by atoms with Gasteiger partial charge in [-0.2, -0.15) is 0 Å². The monoisotopic (exact) mass is 248 g/mol. The molecule has 3 heterocycles. The van der Waals surface area contributed by atoms with Crippen LogP contribution >= 0.6 is 22.7 Å². The Bertz CT molecular complexity index is 616. The van der Waals surface area contributed by atoms with Crippen molar-refractivity contribution in [2.75, 3.05) is 7.11 Å². The summed E-state index contributed by atoms with van der Waals surface area (Å²) in [5.74, 6) is 0.591. The molecule has 0 N–H and O–H groups in total. The lowest BCUT2D eigenvalue weighted by atomic mass is 10.3. The van der Waals surface area contributed by atoms with Gasteiger partial charge in [-0.25, -0.2) is 9.97 Å². The summed E-state index contributed by atoms with van der Waals surface area (Å²) in [5.41, 5.74) is 2.64. The van der Waals surface area contributed by atoms with Crippen LogP contribution in [0.1, 0.15) is 0 Å². The second kappa shape index (κ2) is 3.84. The van der Waals surface area contributed by atoms with Gasteiger partial charge in [-0.3, -0.25) is 0 Å². The molecule has 0 saturated carbocycles. The van der Waals surface area contributed by atoms with E-state index in [1.165, 1.54) is 0 Å². The van der Waals surface area contributed by atoms with Crippen molar-refractivity contribution in [2.45, 2.75) is 0 Å². The van der Waals surface area contributed by atoms with E-state index in [2.05, 4.69) is 9.97 Å². The highest BCUT2D eigenvalue weighted by Gasteiger charge is 2.12. The number of ether oxygens (including phenoxy) is 1. The number of thiophene rings is 2. The molecule has 0 aliphatic carbocycles. The second-order valence-corrected chi connectivity index (χ2v) is 4.89. The van der Waals surface area contributed by atoms with Gasteiger partial charge in [0.2, 0.25) is 5.88 Å². The first-order valence-corrected chi connectivity index (χ1v) is 6.52. The third-order valence-corrected chi connectivity index (χ3v) is 3.82. The number of aromatic nitrogens is 2. The van der Waals surface area contributed by atoms with Gasteiger partial charge in [0.15, 0.2) is 0 Å². The van der Waals surface area contributed by atoms with Gasteiger partial charge in [0.1, 0.15) is 16.7 Å². The van der Waals surface area contributed by atoms with Gasteiger partial charge < -0.3 is 4.74 Å². The van der Waals surface area contributed by atoms with Gasteiger partial charge in [-0.1, -0.05) is 6.07 Å². The summed E-state index contributed by atoms with van der Waals surface area (Å²) < 4.78 is 5.28. The van der Waals surface area contributed by atoms with E-state index in [1.54, 1.807) is 29.8 Å². The molecule has 16 heavy (non-hydrogen) atoms. The molecule has 3 aromatic heterocycles. The molecule has 0 saturated heterocycles. The Balaban J connectivity index is 2.29. The Labute approximate surface area is 100 Å². The number of hydrogen-bond acceptors (Lipinski definition) is 5. The minimum Gasteiger partial charge on any atom is -0.479 e. The van der Waals surface area contributed by atoms with Crippen LogP contribution in [0.3, 0.4) is 0 Å². The van der Waals surface area contributed by atoms with Crippen molar-refractivity contribution in [3.05, 3.63) is 28.3 Å². The topological polar surface area (TPSA) is 35.0 Å². The van der Waals surface area contributed by atoms with Crippen molar-refractivity contribution in [1.29, 1.82) is 0 Å². The molecule has 0 radical (unpaired) electrons. The Morgan fingerprint density at radius 1 is 1.19 bits per heavy atom. The molecule has 0 unspecified atom stereocenters. The molecule has 3 aromatic rings. The van der Waals surface area contributed by atoms with Crippen LogP contribution in [0.25, 0.3) is 21.6 Å². The molecule has 3 rings (SSSR count). The van der Waals surface area contributed by atoms with E-state index >= 15 is 0 Å². The summed E-state index contributed by atoms with van der Waals surface area (Å²) in [5, 5.41) is 6.00. The lowest BCUT2D eigenvalue weighted by Crippen LogP contribution is -1.93. The number of fused-ring (bicyclic) bond motifs is 1. The Morgan fingerprint density at radius 3 is 2.69 bits per heavy atom. The van der Waals surface area contributed by atoms with Crippen molar-refractivity contribution in [2.24, 2.45) is 0 Å². The molecule has 0 aromatic carbocycles. The van der Waals surface area contributed by atoms with E-state index < -0.39 is 0 Å². The highest BCUT2D eigenvalue weighted by Crippen LogP contribution is 2.32. The first kappa shape index (κ1) is 9.74. The molecule has 0 atom stereocenters. The maximum atomic E-state index is 5.28. The van der Waals surface area contributed by atoms with Crippen LogP contribution in [-0.2, 0) is 0 Å². The quantitative estimate of drug-likeness (QED) is 0.697. The van der Waals surface area contributed by atoms with Gasteiger partial charge in [0, 0.05) is 10.8 Å². The zero-order chi connectivity index (χ0) is 11.0. The summed E-state index contributed by atoms with van der Waals surface area (Å²) in [6.45, 7) is 0.